The van der Waals surface area contributed by atoms with E-state index < -0.39 is 0 Å². The van der Waals surface area contributed by atoms with Gasteiger partial charge in [0.15, 0.2) is 0 Å². The van der Waals surface area contributed by atoms with Crippen LogP contribution in [-0.2, 0) is 0 Å². The molecule has 1 aliphatic rings. The van der Waals surface area contributed by atoms with Gasteiger partial charge in [0, 0.05) is 0 Å². The second kappa shape index (κ2) is 5.67. The van der Waals surface area contributed by atoms with Crippen molar-refractivity contribution < 1.29 is 0 Å². The first-order valence-electron chi connectivity index (χ1n) is 6.10. The maximum atomic E-state index is 9.33. The van der Waals surface area contributed by atoms with Gasteiger partial charge in [0.1, 0.15) is 6.04 Å². The third-order valence-corrected chi connectivity index (χ3v) is 3.24. The van der Waals surface area contributed by atoms with Gasteiger partial charge >= 0.3 is 0 Å². The van der Waals surface area contributed by atoms with E-state index in [4.69, 9.17) is 0 Å². The molecular formula is C14H18N2. The van der Waals surface area contributed by atoms with Crippen LogP contribution in [0.15, 0.2) is 30.3 Å². The van der Waals surface area contributed by atoms with Crippen LogP contribution in [0, 0.1) is 11.3 Å². The van der Waals surface area contributed by atoms with Crippen molar-refractivity contribution in [2.24, 2.45) is 0 Å². The standard InChI is InChI=1S/C14H18N2/c15-12-14(13-8-4-3-5-9-13)16-10-6-1-2-7-11-16/h3-5,8-9,14H,1-2,6-7,10-11H2/t14-/m1/s1. The van der Waals surface area contributed by atoms with E-state index in [1.54, 1.807) is 0 Å². The lowest BCUT2D eigenvalue weighted by molar-refractivity contribution is 0.246. The molecule has 16 heavy (non-hydrogen) atoms. The molecule has 1 aliphatic heterocycles. The second-order valence-electron chi connectivity index (χ2n) is 4.39. The SMILES string of the molecule is N#C[C@H](c1ccccc1)N1CCCCCC1. The molecule has 0 N–H and O–H groups in total. The number of rotatable bonds is 2. The molecule has 0 bridgehead atoms. The monoisotopic (exact) mass is 214 g/mol. The predicted octanol–water partition coefficient (Wildman–Crippen LogP) is 3.13. The molecule has 1 fully saturated rings. The number of hydrogen-bond acceptors (Lipinski definition) is 2. The molecule has 1 aromatic rings. The van der Waals surface area contributed by atoms with Crippen molar-refractivity contribution in [1.82, 2.24) is 4.90 Å². The highest BCUT2D eigenvalue weighted by atomic mass is 15.1. The van der Waals surface area contributed by atoms with Crippen molar-refractivity contribution in [3.63, 3.8) is 0 Å². The summed E-state index contributed by atoms with van der Waals surface area (Å²) in [5.74, 6) is 0. The van der Waals surface area contributed by atoms with E-state index in [1.807, 2.05) is 18.2 Å². The molecule has 0 saturated carbocycles. The number of likely N-dealkylation sites (tertiary alicyclic amines) is 1. The fourth-order valence-corrected chi connectivity index (χ4v) is 2.36. The van der Waals surface area contributed by atoms with Gasteiger partial charge in [-0.3, -0.25) is 4.90 Å². The molecule has 0 amide bonds. The molecule has 2 heteroatoms. The summed E-state index contributed by atoms with van der Waals surface area (Å²) >= 11 is 0. The van der Waals surface area contributed by atoms with Gasteiger partial charge in [-0.05, 0) is 31.5 Å². The van der Waals surface area contributed by atoms with E-state index in [9.17, 15) is 5.26 Å². The third kappa shape index (κ3) is 2.62. The minimum Gasteiger partial charge on any atom is -0.284 e. The van der Waals surface area contributed by atoms with Crippen LogP contribution in [0.25, 0.3) is 0 Å². The summed E-state index contributed by atoms with van der Waals surface area (Å²) in [6.07, 6.45) is 5.07. The summed E-state index contributed by atoms with van der Waals surface area (Å²) in [5.41, 5.74) is 1.13. The first-order chi connectivity index (χ1) is 7.92. The van der Waals surface area contributed by atoms with Crippen LogP contribution in [0.1, 0.15) is 37.3 Å². The minimum atomic E-state index is -0.0562. The molecule has 2 nitrogen and oxygen atoms in total. The number of nitrogens with zero attached hydrogens (tertiary/aromatic N) is 2. The smallest absolute Gasteiger partial charge is 0.123 e. The first-order valence-corrected chi connectivity index (χ1v) is 6.10. The topological polar surface area (TPSA) is 27.0 Å². The van der Waals surface area contributed by atoms with E-state index in [0.29, 0.717) is 0 Å². The van der Waals surface area contributed by atoms with Gasteiger partial charge < -0.3 is 0 Å². The van der Waals surface area contributed by atoms with Crippen molar-refractivity contribution in [3.05, 3.63) is 35.9 Å². The Morgan fingerprint density at radius 3 is 2.19 bits per heavy atom. The summed E-state index contributed by atoms with van der Waals surface area (Å²) in [6, 6.07) is 12.5. The third-order valence-electron chi connectivity index (χ3n) is 3.24. The highest BCUT2D eigenvalue weighted by Crippen LogP contribution is 2.23. The van der Waals surface area contributed by atoms with Crippen LogP contribution in [0.2, 0.25) is 0 Å². The van der Waals surface area contributed by atoms with Crippen molar-refractivity contribution in [2.75, 3.05) is 13.1 Å². The lowest BCUT2D eigenvalue weighted by Crippen LogP contribution is -2.28. The van der Waals surface area contributed by atoms with Gasteiger partial charge in [0.05, 0.1) is 6.07 Å². The Morgan fingerprint density at radius 2 is 1.62 bits per heavy atom. The number of hydrogen-bond donors (Lipinski definition) is 0. The Bertz CT molecular complexity index is 345. The summed E-state index contributed by atoms with van der Waals surface area (Å²) in [4.78, 5) is 2.32. The van der Waals surface area contributed by atoms with Gasteiger partial charge in [0.2, 0.25) is 0 Å². The Kier molecular flexibility index (Phi) is 3.96. The average molecular weight is 214 g/mol. The van der Waals surface area contributed by atoms with Crippen LogP contribution in [0.4, 0.5) is 0 Å². The second-order valence-corrected chi connectivity index (χ2v) is 4.39. The van der Waals surface area contributed by atoms with Crippen LogP contribution < -0.4 is 0 Å². The molecule has 0 spiro atoms. The number of benzene rings is 1. The molecule has 1 heterocycles. The zero-order valence-electron chi connectivity index (χ0n) is 9.60. The Labute approximate surface area is 97.5 Å². The highest BCUT2D eigenvalue weighted by Gasteiger charge is 2.20. The van der Waals surface area contributed by atoms with Crippen molar-refractivity contribution in [1.29, 1.82) is 5.26 Å². The van der Waals surface area contributed by atoms with Crippen LogP contribution >= 0.6 is 0 Å². The minimum absolute atomic E-state index is 0.0562. The maximum absolute atomic E-state index is 9.33. The van der Waals surface area contributed by atoms with Crippen molar-refractivity contribution in [3.8, 4) is 6.07 Å². The Balaban J connectivity index is 2.13. The quantitative estimate of drug-likeness (QED) is 0.756. The van der Waals surface area contributed by atoms with E-state index in [2.05, 4.69) is 23.1 Å². The summed E-state index contributed by atoms with van der Waals surface area (Å²) in [5, 5.41) is 9.33. The van der Waals surface area contributed by atoms with E-state index in [0.717, 1.165) is 18.7 Å². The fraction of sp³-hybridized carbons (Fsp3) is 0.500. The van der Waals surface area contributed by atoms with Crippen molar-refractivity contribution in [2.45, 2.75) is 31.7 Å². The zero-order chi connectivity index (χ0) is 11.2. The van der Waals surface area contributed by atoms with Crippen LogP contribution in [0.5, 0.6) is 0 Å². The number of nitriles is 1. The molecule has 0 unspecified atom stereocenters. The predicted molar refractivity (Wildman–Crippen MR) is 64.8 cm³/mol. The molecule has 2 rings (SSSR count). The molecule has 0 aliphatic carbocycles. The van der Waals surface area contributed by atoms with Crippen molar-refractivity contribution >= 4 is 0 Å². The van der Waals surface area contributed by atoms with Crippen LogP contribution in [-0.4, -0.2) is 18.0 Å². The van der Waals surface area contributed by atoms with E-state index >= 15 is 0 Å². The molecule has 84 valence electrons. The average Bonchev–Trinajstić information content (AvgIpc) is 2.61. The first kappa shape index (κ1) is 11.2. The van der Waals surface area contributed by atoms with Gasteiger partial charge in [-0.25, -0.2) is 0 Å². The molecule has 0 aromatic heterocycles. The lowest BCUT2D eigenvalue weighted by Gasteiger charge is -2.25. The van der Waals surface area contributed by atoms with Gasteiger partial charge in [0.25, 0.3) is 0 Å². The van der Waals surface area contributed by atoms with Gasteiger partial charge in [-0.15, -0.1) is 0 Å². The zero-order valence-corrected chi connectivity index (χ0v) is 9.60. The molecular weight excluding hydrogens is 196 g/mol. The van der Waals surface area contributed by atoms with E-state index in [-0.39, 0.29) is 6.04 Å². The molecule has 1 saturated heterocycles. The summed E-state index contributed by atoms with van der Waals surface area (Å²) < 4.78 is 0. The highest BCUT2D eigenvalue weighted by molar-refractivity contribution is 5.24. The van der Waals surface area contributed by atoms with E-state index in [1.165, 1.54) is 25.7 Å². The normalized spacial score (nSPS) is 19.7. The maximum Gasteiger partial charge on any atom is 0.123 e. The Morgan fingerprint density at radius 1 is 1.00 bits per heavy atom. The van der Waals surface area contributed by atoms with Crippen LogP contribution in [0.3, 0.4) is 0 Å². The van der Waals surface area contributed by atoms with Gasteiger partial charge in [-0.2, -0.15) is 5.26 Å². The Hall–Kier alpha value is -1.33. The molecule has 1 atom stereocenters. The largest absolute Gasteiger partial charge is 0.284 e. The van der Waals surface area contributed by atoms with Gasteiger partial charge in [-0.1, -0.05) is 43.2 Å². The summed E-state index contributed by atoms with van der Waals surface area (Å²) in [6.45, 7) is 2.13. The lowest BCUT2D eigenvalue weighted by atomic mass is 10.1. The fourth-order valence-electron chi connectivity index (χ4n) is 2.36. The summed E-state index contributed by atoms with van der Waals surface area (Å²) in [7, 11) is 0. The molecule has 0 radical (unpaired) electrons. The molecule has 1 aromatic carbocycles.